The highest BCUT2D eigenvalue weighted by atomic mass is 16.2. The SMILES string of the molecule is C/C=C\N=C(CC)C(=O)NCC(C)N(CCN(C)C(=O)c1cccnc1)C(c1ccccc1)c1ccccc1. The third-order valence-corrected chi connectivity index (χ3v) is 6.61. The molecule has 0 bridgehead atoms. The molecule has 7 heteroatoms. The summed E-state index contributed by atoms with van der Waals surface area (Å²) in [5.74, 6) is -0.241. The van der Waals surface area contributed by atoms with Crippen molar-refractivity contribution < 1.29 is 9.59 Å². The van der Waals surface area contributed by atoms with Gasteiger partial charge in [-0.15, -0.1) is 0 Å². The van der Waals surface area contributed by atoms with E-state index in [-0.39, 0.29) is 23.9 Å². The number of pyridine rings is 1. The van der Waals surface area contributed by atoms with Crippen LogP contribution in [0.25, 0.3) is 0 Å². The lowest BCUT2D eigenvalue weighted by atomic mass is 9.95. The largest absolute Gasteiger partial charge is 0.349 e. The van der Waals surface area contributed by atoms with Gasteiger partial charge in [0.1, 0.15) is 5.71 Å². The average molecular weight is 526 g/mol. The molecule has 3 rings (SSSR count). The molecular weight excluding hydrogens is 486 g/mol. The normalized spacial score (nSPS) is 12.6. The molecule has 1 aromatic heterocycles. The van der Waals surface area contributed by atoms with Gasteiger partial charge in [-0.1, -0.05) is 73.7 Å². The zero-order valence-electron chi connectivity index (χ0n) is 23.3. The minimum absolute atomic E-state index is 0.0407. The van der Waals surface area contributed by atoms with Crippen LogP contribution in [0.4, 0.5) is 0 Å². The predicted octanol–water partition coefficient (Wildman–Crippen LogP) is 5.13. The smallest absolute Gasteiger partial charge is 0.265 e. The standard InChI is InChI=1S/C32H39N5O2/c1-5-19-34-29(6-2)31(38)35-23-25(3)37(22-21-36(4)32(39)28-18-13-20-33-24-28)30(26-14-9-7-10-15-26)27-16-11-8-12-17-27/h5,7-20,24-25,30H,6,21-23H2,1-4H3,(H,35,38)/b19-5-,34-29?. The molecule has 2 amide bonds. The van der Waals surface area contributed by atoms with Gasteiger partial charge in [0.25, 0.3) is 11.8 Å². The van der Waals surface area contributed by atoms with E-state index in [0.717, 1.165) is 11.1 Å². The lowest BCUT2D eigenvalue weighted by molar-refractivity contribution is -0.115. The molecule has 0 saturated heterocycles. The highest BCUT2D eigenvalue weighted by molar-refractivity contribution is 6.38. The average Bonchev–Trinajstić information content (AvgIpc) is 2.99. The fourth-order valence-electron chi connectivity index (χ4n) is 4.46. The minimum Gasteiger partial charge on any atom is -0.349 e. The number of nitrogens with one attached hydrogen (secondary N) is 1. The zero-order valence-corrected chi connectivity index (χ0v) is 23.3. The molecule has 0 aliphatic carbocycles. The number of carbonyl (C=O) groups excluding carboxylic acids is 2. The van der Waals surface area contributed by atoms with Gasteiger partial charge in [0.2, 0.25) is 0 Å². The molecule has 2 aromatic carbocycles. The molecule has 7 nitrogen and oxygen atoms in total. The van der Waals surface area contributed by atoms with E-state index in [1.54, 1.807) is 41.7 Å². The predicted molar refractivity (Wildman–Crippen MR) is 158 cm³/mol. The number of hydrogen-bond donors (Lipinski definition) is 1. The monoisotopic (exact) mass is 525 g/mol. The summed E-state index contributed by atoms with van der Waals surface area (Å²) in [6.45, 7) is 7.44. The number of likely N-dealkylation sites (N-methyl/N-ethyl adjacent to an activating group) is 1. The quantitative estimate of drug-likeness (QED) is 0.314. The van der Waals surface area contributed by atoms with Crippen LogP contribution in [-0.4, -0.2) is 65.0 Å². The molecule has 1 N–H and O–H groups in total. The van der Waals surface area contributed by atoms with Crippen LogP contribution in [0.15, 0.2) is 102 Å². The summed E-state index contributed by atoms with van der Waals surface area (Å²) in [5, 5.41) is 3.08. The van der Waals surface area contributed by atoms with Gasteiger partial charge in [0, 0.05) is 51.3 Å². The van der Waals surface area contributed by atoms with E-state index in [9.17, 15) is 9.59 Å². The van der Waals surface area contributed by atoms with Crippen molar-refractivity contribution >= 4 is 17.5 Å². The Bertz CT molecular complexity index is 1190. The Morgan fingerprint density at radius 1 is 0.974 bits per heavy atom. The maximum absolute atomic E-state index is 13.0. The first-order valence-corrected chi connectivity index (χ1v) is 13.4. The second kappa shape index (κ2) is 15.3. The summed E-state index contributed by atoms with van der Waals surface area (Å²) >= 11 is 0. The number of rotatable bonds is 13. The Morgan fingerprint density at radius 2 is 1.62 bits per heavy atom. The van der Waals surface area contributed by atoms with Gasteiger partial charge in [0.05, 0.1) is 11.6 Å². The third kappa shape index (κ3) is 8.45. The fourth-order valence-corrected chi connectivity index (χ4v) is 4.46. The number of aliphatic imine (C=N–C) groups is 1. The van der Waals surface area contributed by atoms with Crippen LogP contribution in [-0.2, 0) is 4.79 Å². The van der Waals surface area contributed by atoms with Gasteiger partial charge < -0.3 is 10.2 Å². The highest BCUT2D eigenvalue weighted by Gasteiger charge is 2.28. The summed E-state index contributed by atoms with van der Waals surface area (Å²) < 4.78 is 0. The van der Waals surface area contributed by atoms with Gasteiger partial charge in [-0.3, -0.25) is 24.5 Å². The van der Waals surface area contributed by atoms with E-state index in [0.29, 0.717) is 37.3 Å². The number of carbonyl (C=O) groups is 2. The second-order valence-corrected chi connectivity index (χ2v) is 9.40. The number of hydrogen-bond acceptors (Lipinski definition) is 5. The van der Waals surface area contributed by atoms with Crippen molar-refractivity contribution in [2.24, 2.45) is 4.99 Å². The second-order valence-electron chi connectivity index (χ2n) is 9.40. The maximum atomic E-state index is 13.0. The summed E-state index contributed by atoms with van der Waals surface area (Å²) in [6.07, 6.45) is 7.25. The highest BCUT2D eigenvalue weighted by Crippen LogP contribution is 2.30. The molecule has 0 spiro atoms. The molecule has 3 aromatic rings. The Morgan fingerprint density at radius 3 is 2.15 bits per heavy atom. The topological polar surface area (TPSA) is 77.9 Å². The van der Waals surface area contributed by atoms with Gasteiger partial charge in [-0.2, -0.15) is 0 Å². The summed E-state index contributed by atoms with van der Waals surface area (Å²) in [5.41, 5.74) is 3.34. The molecule has 39 heavy (non-hydrogen) atoms. The van der Waals surface area contributed by atoms with E-state index >= 15 is 0 Å². The number of benzene rings is 2. The lowest BCUT2D eigenvalue weighted by Crippen LogP contribution is -2.48. The Labute approximate surface area is 232 Å². The van der Waals surface area contributed by atoms with Gasteiger partial charge in [0.15, 0.2) is 0 Å². The summed E-state index contributed by atoms with van der Waals surface area (Å²) in [6, 6.07) is 24.1. The van der Waals surface area contributed by atoms with Crippen molar-refractivity contribution in [3.8, 4) is 0 Å². The molecule has 1 heterocycles. The summed E-state index contributed by atoms with van der Waals surface area (Å²) in [7, 11) is 1.81. The number of nitrogens with zero attached hydrogens (tertiary/aromatic N) is 4. The van der Waals surface area contributed by atoms with Crippen molar-refractivity contribution in [3.63, 3.8) is 0 Å². The Hall–Kier alpha value is -4.10. The number of amides is 2. The van der Waals surface area contributed by atoms with Crippen LogP contribution in [0.3, 0.4) is 0 Å². The van der Waals surface area contributed by atoms with Crippen LogP contribution < -0.4 is 5.32 Å². The molecular formula is C32H39N5O2. The fraction of sp³-hybridized carbons (Fsp3) is 0.312. The van der Waals surface area contributed by atoms with Crippen molar-refractivity contribution in [1.29, 1.82) is 0 Å². The molecule has 0 radical (unpaired) electrons. The van der Waals surface area contributed by atoms with Crippen molar-refractivity contribution in [2.75, 3.05) is 26.7 Å². The summed E-state index contributed by atoms with van der Waals surface area (Å²) in [4.78, 5) is 38.4. The molecule has 1 atom stereocenters. The third-order valence-electron chi connectivity index (χ3n) is 6.61. The van der Waals surface area contributed by atoms with E-state index in [4.69, 9.17) is 0 Å². The molecule has 0 aliphatic rings. The maximum Gasteiger partial charge on any atom is 0.265 e. The molecule has 0 fully saturated rings. The Balaban J connectivity index is 1.88. The van der Waals surface area contributed by atoms with E-state index in [1.807, 2.05) is 57.3 Å². The minimum atomic E-state index is -0.165. The first-order chi connectivity index (χ1) is 19.0. The van der Waals surface area contributed by atoms with Crippen molar-refractivity contribution in [2.45, 2.75) is 39.3 Å². The Kier molecular flexibility index (Phi) is 11.6. The van der Waals surface area contributed by atoms with Crippen LogP contribution >= 0.6 is 0 Å². The first-order valence-electron chi connectivity index (χ1n) is 13.4. The van der Waals surface area contributed by atoms with Crippen LogP contribution in [0.5, 0.6) is 0 Å². The molecule has 0 saturated carbocycles. The first kappa shape index (κ1) is 29.5. The van der Waals surface area contributed by atoms with Crippen molar-refractivity contribution in [1.82, 2.24) is 20.1 Å². The molecule has 204 valence electrons. The number of allylic oxidation sites excluding steroid dienone is 1. The molecule has 1 unspecified atom stereocenters. The van der Waals surface area contributed by atoms with E-state index in [2.05, 4.69) is 51.4 Å². The van der Waals surface area contributed by atoms with Crippen LogP contribution in [0, 0.1) is 0 Å². The van der Waals surface area contributed by atoms with Gasteiger partial charge >= 0.3 is 0 Å². The lowest BCUT2D eigenvalue weighted by Gasteiger charge is -2.38. The van der Waals surface area contributed by atoms with Crippen LogP contribution in [0.1, 0.15) is 54.7 Å². The van der Waals surface area contributed by atoms with E-state index < -0.39 is 0 Å². The van der Waals surface area contributed by atoms with Crippen molar-refractivity contribution in [3.05, 3.63) is 114 Å². The van der Waals surface area contributed by atoms with Gasteiger partial charge in [-0.25, -0.2) is 0 Å². The van der Waals surface area contributed by atoms with Gasteiger partial charge in [-0.05, 0) is 43.5 Å². The van der Waals surface area contributed by atoms with E-state index in [1.165, 1.54) is 0 Å². The number of aromatic nitrogens is 1. The molecule has 0 aliphatic heterocycles. The zero-order chi connectivity index (χ0) is 28.0. The van der Waals surface area contributed by atoms with Crippen LogP contribution in [0.2, 0.25) is 0 Å².